The molecule has 7 heteroatoms. The Hall–Kier alpha value is -1.47. The first-order valence-electron chi connectivity index (χ1n) is 6.53. The zero-order valence-electron chi connectivity index (χ0n) is 10.8. The summed E-state index contributed by atoms with van der Waals surface area (Å²) in [6, 6.07) is 0.0227. The molecule has 2 heterocycles. The van der Waals surface area contributed by atoms with E-state index in [1.165, 1.54) is 0 Å². The van der Waals surface area contributed by atoms with Crippen LogP contribution in [0.4, 0.5) is 0 Å². The summed E-state index contributed by atoms with van der Waals surface area (Å²) in [5, 5.41) is 16.6. The topological polar surface area (TPSA) is 88.7 Å². The number of hydrogen-bond donors (Lipinski definition) is 1. The van der Waals surface area contributed by atoms with Crippen LogP contribution in [0.1, 0.15) is 29.0 Å². The molecule has 1 aliphatic heterocycles. The number of aryl methyl sites for hydroxylation is 1. The molecule has 0 aromatic carbocycles. The fraction of sp³-hybridized carbons (Fsp3) is 0.750. The van der Waals surface area contributed by atoms with Gasteiger partial charge in [0.2, 0.25) is 0 Å². The van der Waals surface area contributed by atoms with Gasteiger partial charge in [-0.1, -0.05) is 5.16 Å². The Kier molecular flexibility index (Phi) is 3.24. The minimum atomic E-state index is -0.157. The molecular formula is C12H17N3O4. The van der Waals surface area contributed by atoms with Gasteiger partial charge in [0.1, 0.15) is 5.69 Å². The van der Waals surface area contributed by atoms with Crippen LogP contribution in [0.2, 0.25) is 0 Å². The largest absolute Gasteiger partial charge is 0.396 e. The van der Waals surface area contributed by atoms with Crippen molar-refractivity contribution in [2.75, 3.05) is 19.8 Å². The van der Waals surface area contributed by atoms with Crippen LogP contribution in [-0.4, -0.2) is 58.1 Å². The molecule has 0 radical (unpaired) electrons. The van der Waals surface area contributed by atoms with Crippen LogP contribution in [0.3, 0.4) is 0 Å². The predicted octanol–water partition coefficient (Wildman–Crippen LogP) is -0.0101. The summed E-state index contributed by atoms with van der Waals surface area (Å²) < 4.78 is 10.3. The molecule has 1 aromatic rings. The third kappa shape index (κ3) is 2.12. The number of morpholine rings is 1. The Morgan fingerprint density at radius 2 is 2.32 bits per heavy atom. The second-order valence-corrected chi connectivity index (χ2v) is 5.19. The van der Waals surface area contributed by atoms with Crippen molar-refractivity contribution >= 4 is 5.91 Å². The van der Waals surface area contributed by atoms with Crippen LogP contribution in [0.15, 0.2) is 4.63 Å². The lowest BCUT2D eigenvalue weighted by atomic mass is 10.1. The number of carbonyl (C=O) groups is 1. The lowest BCUT2D eigenvalue weighted by Crippen LogP contribution is -2.51. The van der Waals surface area contributed by atoms with Gasteiger partial charge in [0.15, 0.2) is 5.69 Å². The molecule has 1 aromatic heterocycles. The van der Waals surface area contributed by atoms with E-state index in [1.807, 2.05) is 0 Å². The van der Waals surface area contributed by atoms with E-state index >= 15 is 0 Å². The lowest BCUT2D eigenvalue weighted by molar-refractivity contribution is -0.0452. The number of fused-ring (bicyclic) bond motifs is 1. The highest BCUT2D eigenvalue weighted by Gasteiger charge is 2.43. The van der Waals surface area contributed by atoms with Gasteiger partial charge < -0.3 is 14.7 Å². The Bertz CT molecular complexity index is 475. The van der Waals surface area contributed by atoms with E-state index in [0.717, 1.165) is 12.8 Å². The van der Waals surface area contributed by atoms with E-state index in [4.69, 9.17) is 4.74 Å². The van der Waals surface area contributed by atoms with Gasteiger partial charge in [0.25, 0.3) is 5.91 Å². The molecule has 2 fully saturated rings. The van der Waals surface area contributed by atoms with Gasteiger partial charge in [0.05, 0.1) is 18.8 Å². The molecule has 3 atom stereocenters. The maximum absolute atomic E-state index is 12.5. The molecule has 2 aliphatic rings. The Balaban J connectivity index is 1.80. The molecular weight excluding hydrogens is 250 g/mol. The van der Waals surface area contributed by atoms with Crippen LogP contribution in [0.25, 0.3) is 0 Å². The van der Waals surface area contributed by atoms with Crippen molar-refractivity contribution in [2.45, 2.75) is 31.9 Å². The molecule has 1 saturated carbocycles. The summed E-state index contributed by atoms with van der Waals surface area (Å²) in [5.41, 5.74) is 0.776. The summed E-state index contributed by atoms with van der Waals surface area (Å²) in [5.74, 6) is 0.0515. The van der Waals surface area contributed by atoms with Crippen molar-refractivity contribution in [2.24, 2.45) is 5.92 Å². The Morgan fingerprint density at radius 3 is 3.00 bits per heavy atom. The molecule has 1 aliphatic carbocycles. The summed E-state index contributed by atoms with van der Waals surface area (Å²) in [7, 11) is 0. The second kappa shape index (κ2) is 4.90. The van der Waals surface area contributed by atoms with Gasteiger partial charge in [-0.3, -0.25) is 4.79 Å². The summed E-state index contributed by atoms with van der Waals surface area (Å²) in [6.07, 6.45) is 1.60. The maximum Gasteiger partial charge on any atom is 0.278 e. The van der Waals surface area contributed by atoms with Crippen LogP contribution < -0.4 is 0 Å². The van der Waals surface area contributed by atoms with Crippen LogP contribution in [0, 0.1) is 12.8 Å². The molecule has 0 bridgehead atoms. The Morgan fingerprint density at radius 1 is 1.47 bits per heavy atom. The third-order valence-electron chi connectivity index (χ3n) is 4.01. The van der Waals surface area contributed by atoms with E-state index in [9.17, 15) is 9.90 Å². The maximum atomic E-state index is 12.5. The van der Waals surface area contributed by atoms with Crippen LogP contribution in [-0.2, 0) is 4.74 Å². The third-order valence-corrected chi connectivity index (χ3v) is 4.01. The fourth-order valence-corrected chi connectivity index (χ4v) is 3.01. The van der Waals surface area contributed by atoms with Gasteiger partial charge in [-0.05, 0) is 30.8 Å². The minimum absolute atomic E-state index is 0.0227. The number of aromatic nitrogens is 2. The SMILES string of the molecule is Cc1nonc1C(=O)N1CCOC2C[C@H](CO)C[C@@H]21. The average Bonchev–Trinajstić information content (AvgIpc) is 3.02. The first-order valence-corrected chi connectivity index (χ1v) is 6.53. The van der Waals surface area contributed by atoms with Gasteiger partial charge in [0, 0.05) is 13.2 Å². The normalized spacial score (nSPS) is 30.4. The lowest BCUT2D eigenvalue weighted by Gasteiger charge is -2.37. The molecule has 1 N–H and O–H groups in total. The van der Waals surface area contributed by atoms with Crippen molar-refractivity contribution in [3.8, 4) is 0 Å². The fourth-order valence-electron chi connectivity index (χ4n) is 3.01. The highest BCUT2D eigenvalue weighted by Crippen LogP contribution is 2.34. The molecule has 1 saturated heterocycles. The van der Waals surface area contributed by atoms with Gasteiger partial charge in [-0.15, -0.1) is 0 Å². The smallest absolute Gasteiger partial charge is 0.278 e. The second-order valence-electron chi connectivity index (χ2n) is 5.19. The molecule has 7 nitrogen and oxygen atoms in total. The molecule has 3 rings (SSSR count). The number of carbonyl (C=O) groups excluding carboxylic acids is 1. The number of ether oxygens (including phenoxy) is 1. The number of nitrogens with zero attached hydrogens (tertiary/aromatic N) is 3. The summed E-state index contributed by atoms with van der Waals surface area (Å²) in [6.45, 7) is 2.91. The van der Waals surface area contributed by atoms with E-state index in [2.05, 4.69) is 14.9 Å². The average molecular weight is 267 g/mol. The molecule has 1 unspecified atom stereocenters. The summed E-state index contributed by atoms with van der Waals surface area (Å²) in [4.78, 5) is 14.3. The van der Waals surface area contributed by atoms with Gasteiger partial charge in [-0.2, -0.15) is 0 Å². The quantitative estimate of drug-likeness (QED) is 0.810. The van der Waals surface area contributed by atoms with E-state index < -0.39 is 0 Å². The van der Waals surface area contributed by atoms with Crippen molar-refractivity contribution < 1.29 is 19.3 Å². The van der Waals surface area contributed by atoms with Crippen molar-refractivity contribution in [3.63, 3.8) is 0 Å². The van der Waals surface area contributed by atoms with Crippen LogP contribution in [0.5, 0.6) is 0 Å². The zero-order valence-corrected chi connectivity index (χ0v) is 10.8. The number of rotatable bonds is 2. The first-order chi connectivity index (χ1) is 9.20. The number of aliphatic hydroxyl groups is 1. The number of amides is 1. The highest BCUT2D eigenvalue weighted by molar-refractivity contribution is 5.93. The minimum Gasteiger partial charge on any atom is -0.396 e. The highest BCUT2D eigenvalue weighted by atomic mass is 16.6. The van der Waals surface area contributed by atoms with Gasteiger partial charge >= 0.3 is 0 Å². The van der Waals surface area contributed by atoms with Gasteiger partial charge in [-0.25, -0.2) is 4.63 Å². The predicted molar refractivity (Wildman–Crippen MR) is 63.4 cm³/mol. The van der Waals surface area contributed by atoms with Crippen molar-refractivity contribution in [1.29, 1.82) is 0 Å². The Labute approximate surface area is 110 Å². The molecule has 1 amide bonds. The number of hydrogen-bond acceptors (Lipinski definition) is 6. The molecule has 104 valence electrons. The van der Waals surface area contributed by atoms with E-state index in [-0.39, 0.29) is 36.3 Å². The van der Waals surface area contributed by atoms with Crippen molar-refractivity contribution in [3.05, 3.63) is 11.4 Å². The monoisotopic (exact) mass is 267 g/mol. The standard InChI is InChI=1S/C12H17N3O4/c1-7-11(14-19-13-7)12(17)15-2-3-18-10-5-8(6-16)4-9(10)15/h8-10,16H,2-6H2,1H3/t8-,9+,10?/m1/s1. The number of aliphatic hydroxyl groups excluding tert-OH is 1. The van der Waals surface area contributed by atoms with E-state index in [0.29, 0.717) is 18.8 Å². The molecule has 19 heavy (non-hydrogen) atoms. The molecule has 0 spiro atoms. The first kappa shape index (κ1) is 12.6. The zero-order chi connectivity index (χ0) is 13.4. The van der Waals surface area contributed by atoms with Crippen LogP contribution >= 0.6 is 0 Å². The van der Waals surface area contributed by atoms with Crippen molar-refractivity contribution in [1.82, 2.24) is 15.2 Å². The summed E-state index contributed by atoms with van der Waals surface area (Å²) >= 11 is 0. The van der Waals surface area contributed by atoms with E-state index in [1.54, 1.807) is 11.8 Å².